The van der Waals surface area contributed by atoms with Crippen LogP contribution in [0.15, 0.2) is 72.5 Å². The maximum absolute atomic E-state index is 13.3. The van der Waals surface area contributed by atoms with Crippen LogP contribution in [-0.2, 0) is 30.4 Å². The summed E-state index contributed by atoms with van der Waals surface area (Å²) in [5.41, 5.74) is 0.647. The normalized spacial score (nSPS) is 13.2. The third-order valence-electron chi connectivity index (χ3n) is 5.47. The van der Waals surface area contributed by atoms with Crippen molar-refractivity contribution in [3.63, 3.8) is 0 Å². The van der Waals surface area contributed by atoms with Crippen molar-refractivity contribution in [3.05, 3.63) is 83.6 Å². The minimum atomic E-state index is -1.20. The van der Waals surface area contributed by atoms with Gasteiger partial charge in [0.15, 0.2) is 11.8 Å². The van der Waals surface area contributed by atoms with E-state index in [2.05, 4.69) is 10.6 Å². The van der Waals surface area contributed by atoms with Crippen LogP contribution >= 0.6 is 0 Å². The third kappa shape index (κ3) is 12.3. The number of alkyl carbamates (subject to hydrolysis) is 1. The Morgan fingerprint density at radius 1 is 0.875 bits per heavy atom. The Labute approximate surface area is 236 Å². The van der Waals surface area contributed by atoms with Crippen molar-refractivity contribution in [1.82, 2.24) is 10.6 Å². The minimum Gasteiger partial charge on any atom is -0.445 e. The first-order valence-electron chi connectivity index (χ1n) is 13.2. The highest BCUT2D eigenvalue weighted by atomic mass is 16.6. The molecule has 2 atom stereocenters. The summed E-state index contributed by atoms with van der Waals surface area (Å²) in [5.74, 6) is -1.60. The van der Waals surface area contributed by atoms with Gasteiger partial charge in [0.25, 0.3) is 0 Å². The molecule has 0 saturated heterocycles. The molecular formula is C31H40N2O7. The SMILES string of the molecule is C/C(=C\C(=O)c1ccccc1)OC(=O)[C@H](COC(C)(C)C)NC(=O)[C@H](CC(C)C)NC(=O)OCc1ccccc1. The van der Waals surface area contributed by atoms with Gasteiger partial charge in [0.2, 0.25) is 5.91 Å². The lowest BCUT2D eigenvalue weighted by molar-refractivity contribution is -0.147. The Bertz CT molecular complexity index is 1160. The molecule has 40 heavy (non-hydrogen) atoms. The number of esters is 1. The van der Waals surface area contributed by atoms with E-state index >= 15 is 0 Å². The zero-order valence-electron chi connectivity index (χ0n) is 24.1. The quantitative estimate of drug-likeness (QED) is 0.156. The standard InChI is InChI=1S/C31H40N2O7/c1-21(2)17-25(33-30(37)38-19-23-13-9-7-10-14-23)28(35)32-26(20-39-31(4,5)6)29(36)40-22(3)18-27(34)24-15-11-8-12-16-24/h7-16,18,21,25-26H,17,19-20H2,1-6H3,(H,32,35)(H,33,37)/b22-18+/t25-,26-/m0/s1. The lowest BCUT2D eigenvalue weighted by Crippen LogP contribution is -2.54. The van der Waals surface area contributed by atoms with Crippen LogP contribution in [0.3, 0.4) is 0 Å². The molecule has 0 heterocycles. The van der Waals surface area contributed by atoms with Gasteiger partial charge in [0, 0.05) is 11.6 Å². The molecule has 9 nitrogen and oxygen atoms in total. The van der Waals surface area contributed by atoms with Gasteiger partial charge in [-0.15, -0.1) is 0 Å². The summed E-state index contributed by atoms with van der Waals surface area (Å²) in [7, 11) is 0. The van der Waals surface area contributed by atoms with Gasteiger partial charge >= 0.3 is 12.1 Å². The van der Waals surface area contributed by atoms with E-state index in [4.69, 9.17) is 14.2 Å². The molecule has 2 rings (SSSR count). The Hall–Kier alpha value is -3.98. The Kier molecular flexibility index (Phi) is 12.5. The minimum absolute atomic E-state index is 0.0460. The Balaban J connectivity index is 2.11. The summed E-state index contributed by atoms with van der Waals surface area (Å²) in [5, 5.41) is 5.24. The summed E-state index contributed by atoms with van der Waals surface area (Å²) in [6.45, 7) is 10.6. The lowest BCUT2D eigenvalue weighted by Gasteiger charge is -2.26. The molecule has 9 heteroatoms. The van der Waals surface area contributed by atoms with E-state index in [0.29, 0.717) is 12.0 Å². The molecule has 0 aromatic heterocycles. The zero-order valence-corrected chi connectivity index (χ0v) is 24.1. The number of allylic oxidation sites excluding steroid dienone is 2. The van der Waals surface area contributed by atoms with E-state index in [0.717, 1.165) is 5.56 Å². The summed E-state index contributed by atoms with van der Waals surface area (Å²) in [6.07, 6.45) is 0.759. The summed E-state index contributed by atoms with van der Waals surface area (Å²) < 4.78 is 16.4. The number of ether oxygens (including phenoxy) is 3. The molecule has 2 aromatic rings. The third-order valence-corrected chi connectivity index (χ3v) is 5.47. The molecule has 0 fully saturated rings. The number of hydrogen-bond acceptors (Lipinski definition) is 7. The van der Waals surface area contributed by atoms with E-state index in [-0.39, 0.29) is 30.7 Å². The number of benzene rings is 2. The van der Waals surface area contributed by atoms with E-state index in [1.165, 1.54) is 13.0 Å². The first kappa shape index (κ1) is 32.2. The monoisotopic (exact) mass is 552 g/mol. The molecule has 216 valence electrons. The van der Waals surface area contributed by atoms with E-state index < -0.39 is 35.7 Å². The highest BCUT2D eigenvalue weighted by Crippen LogP contribution is 2.12. The van der Waals surface area contributed by atoms with Crippen molar-refractivity contribution in [3.8, 4) is 0 Å². The van der Waals surface area contributed by atoms with E-state index in [1.807, 2.05) is 65.0 Å². The molecular weight excluding hydrogens is 512 g/mol. The van der Waals surface area contributed by atoms with E-state index in [9.17, 15) is 19.2 Å². The Morgan fingerprint density at radius 3 is 2.05 bits per heavy atom. The number of carbonyl (C=O) groups excluding carboxylic acids is 4. The average Bonchev–Trinajstić information content (AvgIpc) is 2.89. The molecule has 0 radical (unpaired) electrons. The topological polar surface area (TPSA) is 120 Å². The maximum atomic E-state index is 13.3. The second-order valence-corrected chi connectivity index (χ2v) is 10.8. The predicted octanol–water partition coefficient (Wildman–Crippen LogP) is 4.96. The van der Waals surface area contributed by atoms with Crippen molar-refractivity contribution in [2.45, 2.75) is 72.3 Å². The molecule has 2 amide bonds. The fraction of sp³-hybridized carbons (Fsp3) is 0.419. The van der Waals surface area contributed by atoms with Crippen LogP contribution in [0.4, 0.5) is 4.79 Å². The van der Waals surface area contributed by atoms with E-state index in [1.54, 1.807) is 30.3 Å². The summed E-state index contributed by atoms with van der Waals surface area (Å²) in [6, 6.07) is 15.6. The van der Waals surface area contributed by atoms with Crippen LogP contribution in [0.1, 0.15) is 63.9 Å². The predicted molar refractivity (Wildman–Crippen MR) is 151 cm³/mol. The molecule has 0 unspecified atom stereocenters. The first-order chi connectivity index (χ1) is 18.8. The fourth-order valence-electron chi connectivity index (χ4n) is 3.51. The molecule has 0 bridgehead atoms. The molecule has 2 N–H and O–H groups in total. The second-order valence-electron chi connectivity index (χ2n) is 10.8. The van der Waals surface area contributed by atoms with Crippen molar-refractivity contribution < 1.29 is 33.4 Å². The smallest absolute Gasteiger partial charge is 0.408 e. The van der Waals surface area contributed by atoms with Gasteiger partial charge in [0.1, 0.15) is 18.4 Å². The lowest BCUT2D eigenvalue weighted by atomic mass is 10.0. The molecule has 2 aromatic carbocycles. The number of nitrogens with one attached hydrogen (secondary N) is 2. The zero-order chi connectivity index (χ0) is 29.7. The highest BCUT2D eigenvalue weighted by molar-refractivity contribution is 6.04. The summed E-state index contributed by atoms with van der Waals surface area (Å²) >= 11 is 0. The second kappa shape index (κ2) is 15.6. The van der Waals surface area contributed by atoms with Crippen molar-refractivity contribution in [2.75, 3.05) is 6.61 Å². The van der Waals surface area contributed by atoms with Gasteiger partial charge < -0.3 is 24.8 Å². The van der Waals surface area contributed by atoms with Gasteiger partial charge in [-0.05, 0) is 45.6 Å². The van der Waals surface area contributed by atoms with Gasteiger partial charge in [-0.2, -0.15) is 0 Å². The number of ketones is 1. The van der Waals surface area contributed by atoms with Crippen LogP contribution < -0.4 is 10.6 Å². The van der Waals surface area contributed by atoms with Crippen molar-refractivity contribution >= 4 is 23.8 Å². The van der Waals surface area contributed by atoms with Crippen molar-refractivity contribution in [1.29, 1.82) is 0 Å². The van der Waals surface area contributed by atoms with Crippen LogP contribution in [0, 0.1) is 5.92 Å². The van der Waals surface area contributed by atoms with Crippen LogP contribution in [0.5, 0.6) is 0 Å². The number of carbonyl (C=O) groups is 4. The number of hydrogen-bond donors (Lipinski definition) is 2. The van der Waals surface area contributed by atoms with Crippen molar-refractivity contribution in [2.24, 2.45) is 5.92 Å². The van der Waals surface area contributed by atoms with Gasteiger partial charge in [-0.1, -0.05) is 74.5 Å². The average molecular weight is 553 g/mol. The van der Waals surface area contributed by atoms with Crippen LogP contribution in [0.2, 0.25) is 0 Å². The molecule has 0 saturated carbocycles. The fourth-order valence-corrected chi connectivity index (χ4v) is 3.51. The van der Waals surface area contributed by atoms with Gasteiger partial charge in [-0.25, -0.2) is 9.59 Å². The number of rotatable bonds is 13. The molecule has 0 aliphatic carbocycles. The van der Waals surface area contributed by atoms with Gasteiger partial charge in [0.05, 0.1) is 12.2 Å². The highest BCUT2D eigenvalue weighted by Gasteiger charge is 2.30. The number of amides is 2. The van der Waals surface area contributed by atoms with Gasteiger partial charge in [-0.3, -0.25) is 9.59 Å². The van der Waals surface area contributed by atoms with Crippen LogP contribution in [0.25, 0.3) is 0 Å². The maximum Gasteiger partial charge on any atom is 0.408 e. The molecule has 0 spiro atoms. The van der Waals surface area contributed by atoms with Crippen LogP contribution in [-0.4, -0.2) is 48.0 Å². The molecule has 0 aliphatic heterocycles. The first-order valence-corrected chi connectivity index (χ1v) is 13.2. The summed E-state index contributed by atoms with van der Waals surface area (Å²) in [4.78, 5) is 51.3. The largest absolute Gasteiger partial charge is 0.445 e. The Morgan fingerprint density at radius 2 is 1.48 bits per heavy atom. The molecule has 0 aliphatic rings.